The van der Waals surface area contributed by atoms with Gasteiger partial charge in [0, 0.05) is 18.9 Å². The van der Waals surface area contributed by atoms with Crippen molar-refractivity contribution in [1.82, 2.24) is 5.32 Å². The van der Waals surface area contributed by atoms with Crippen molar-refractivity contribution in [2.75, 3.05) is 0 Å². The Bertz CT molecular complexity index is 1370. The molecule has 38 heavy (non-hydrogen) atoms. The first-order valence-electron chi connectivity index (χ1n) is 11.7. The van der Waals surface area contributed by atoms with Gasteiger partial charge >= 0.3 is 6.18 Å². The van der Waals surface area contributed by atoms with Crippen molar-refractivity contribution in [2.24, 2.45) is 0 Å². The summed E-state index contributed by atoms with van der Waals surface area (Å²) in [7, 11) is 0. The zero-order valence-corrected chi connectivity index (χ0v) is 21.0. The molecule has 0 aliphatic rings. The third-order valence-corrected chi connectivity index (χ3v) is 6.63. The highest BCUT2D eigenvalue weighted by Crippen LogP contribution is 2.39. The van der Waals surface area contributed by atoms with E-state index in [1.807, 2.05) is 0 Å². The first-order valence-corrected chi connectivity index (χ1v) is 12.1. The Hall–Kier alpha value is -3.71. The predicted molar refractivity (Wildman–Crippen MR) is 137 cm³/mol. The third kappa shape index (κ3) is 5.89. The average molecular weight is 544 g/mol. The van der Waals surface area contributed by atoms with Crippen LogP contribution in [0.2, 0.25) is 5.02 Å². The van der Waals surface area contributed by atoms with E-state index < -0.39 is 29.1 Å². The van der Waals surface area contributed by atoms with Crippen molar-refractivity contribution in [3.8, 4) is 0 Å². The van der Waals surface area contributed by atoms with Gasteiger partial charge in [0.05, 0.1) is 21.7 Å². The topological polar surface area (TPSA) is 29.1 Å². The Morgan fingerprint density at radius 2 is 1.24 bits per heavy atom. The van der Waals surface area contributed by atoms with Crippen LogP contribution in [0.1, 0.15) is 45.1 Å². The van der Waals surface area contributed by atoms with E-state index in [0.717, 1.165) is 19.1 Å². The van der Waals surface area contributed by atoms with E-state index in [9.17, 15) is 26.7 Å². The van der Waals surface area contributed by atoms with Gasteiger partial charge in [-0.25, -0.2) is 8.78 Å². The lowest BCUT2D eigenvalue weighted by Gasteiger charge is -2.37. The number of hydrogen-bond acceptors (Lipinski definition) is 1. The zero-order valence-electron chi connectivity index (χ0n) is 20.2. The third-order valence-electron chi connectivity index (χ3n) is 6.30. The van der Waals surface area contributed by atoms with E-state index in [2.05, 4.69) is 5.32 Å². The van der Waals surface area contributed by atoms with E-state index in [1.54, 1.807) is 42.5 Å². The summed E-state index contributed by atoms with van der Waals surface area (Å²) in [4.78, 5) is 13.6. The van der Waals surface area contributed by atoms with Gasteiger partial charge in [0.25, 0.3) is 11.8 Å². The van der Waals surface area contributed by atoms with Gasteiger partial charge in [0.15, 0.2) is 0 Å². The highest BCUT2D eigenvalue weighted by atomic mass is 35.5. The van der Waals surface area contributed by atoms with Crippen LogP contribution in [0.15, 0.2) is 103 Å². The smallest absolute Gasteiger partial charge is 0.338 e. The fourth-order valence-electron chi connectivity index (χ4n) is 4.39. The fourth-order valence-corrected chi connectivity index (χ4v) is 4.61. The summed E-state index contributed by atoms with van der Waals surface area (Å²) in [5.74, 6) is -3.90. The van der Waals surface area contributed by atoms with E-state index in [4.69, 9.17) is 11.6 Å². The highest BCUT2D eigenvalue weighted by Gasteiger charge is 2.40. The van der Waals surface area contributed by atoms with E-state index in [0.29, 0.717) is 5.56 Å². The fraction of sp³-hybridized carbons (Fsp3) is 0.167. The van der Waals surface area contributed by atoms with Crippen molar-refractivity contribution in [2.45, 2.75) is 31.0 Å². The summed E-state index contributed by atoms with van der Waals surface area (Å²) in [5.41, 5.74) is -1.91. The number of carbonyl (C=O) groups excluding carboxylic acids is 1. The molecule has 4 aromatic carbocycles. The minimum atomic E-state index is -4.67. The second kappa shape index (κ2) is 10.6. The van der Waals surface area contributed by atoms with Gasteiger partial charge in [-0.05, 0) is 47.0 Å². The number of halogens is 6. The lowest BCUT2D eigenvalue weighted by Crippen LogP contribution is -2.49. The van der Waals surface area contributed by atoms with Crippen LogP contribution in [-0.4, -0.2) is 5.91 Å². The van der Waals surface area contributed by atoms with Gasteiger partial charge in [-0.15, -0.1) is 0 Å². The number of carbonyl (C=O) groups is 1. The lowest BCUT2D eigenvalue weighted by molar-refractivity contribution is -0.137. The number of rotatable bonds is 7. The van der Waals surface area contributed by atoms with Crippen LogP contribution in [0.25, 0.3) is 0 Å². The molecule has 0 spiro atoms. The molecule has 1 unspecified atom stereocenters. The second-order valence-corrected chi connectivity index (χ2v) is 9.46. The van der Waals surface area contributed by atoms with Gasteiger partial charge in [0.1, 0.15) is 0 Å². The molecule has 0 saturated heterocycles. The maximum atomic E-state index is 14.4. The average Bonchev–Trinajstić information content (AvgIpc) is 2.88. The van der Waals surface area contributed by atoms with Crippen molar-refractivity contribution in [3.63, 3.8) is 0 Å². The van der Waals surface area contributed by atoms with Crippen molar-refractivity contribution in [1.29, 1.82) is 0 Å². The number of amides is 1. The standard InChI is InChI=1S/C30H23ClF5NO/c1-28(32,33)21-11-7-12-22(17-21)29(19-20-9-3-2-4-10-20,23-13-8-14-24(18-23)30(34,35)36)37-27(38)25-15-5-6-16-26(25)31/h2-18H,19H2,1H3,(H,37,38). The molecule has 0 bridgehead atoms. The van der Waals surface area contributed by atoms with Crippen molar-refractivity contribution < 1.29 is 26.7 Å². The first kappa shape index (κ1) is 27.3. The summed E-state index contributed by atoms with van der Waals surface area (Å²) >= 11 is 6.26. The molecule has 4 aromatic rings. The van der Waals surface area contributed by atoms with Crippen LogP contribution in [0, 0.1) is 0 Å². The number of nitrogens with one attached hydrogen (secondary N) is 1. The molecule has 196 valence electrons. The Balaban J connectivity index is 2.01. The normalized spacial score (nSPS) is 13.6. The van der Waals surface area contributed by atoms with Crippen LogP contribution in [0.3, 0.4) is 0 Å². The molecule has 0 heterocycles. The molecule has 0 aromatic heterocycles. The minimum Gasteiger partial charge on any atom is -0.338 e. The maximum absolute atomic E-state index is 14.4. The van der Waals surface area contributed by atoms with Crippen LogP contribution in [-0.2, 0) is 24.1 Å². The molecule has 0 radical (unpaired) electrons. The number of benzene rings is 4. The van der Waals surface area contributed by atoms with E-state index >= 15 is 0 Å². The predicted octanol–water partition coefficient (Wildman–Crippen LogP) is 8.39. The minimum absolute atomic E-state index is 0.0237. The molecule has 0 aliphatic heterocycles. The summed E-state index contributed by atoms with van der Waals surface area (Å²) in [6, 6.07) is 24.9. The molecule has 1 N–H and O–H groups in total. The van der Waals surface area contributed by atoms with Gasteiger partial charge < -0.3 is 5.32 Å². The van der Waals surface area contributed by atoms with Crippen LogP contribution >= 0.6 is 11.6 Å². The molecule has 4 rings (SSSR count). The molecule has 1 atom stereocenters. The molecular weight excluding hydrogens is 521 g/mol. The van der Waals surface area contributed by atoms with Gasteiger partial charge in [-0.3, -0.25) is 4.79 Å². The summed E-state index contributed by atoms with van der Waals surface area (Å²) in [5, 5.41) is 3.03. The monoisotopic (exact) mass is 543 g/mol. The Kier molecular flexibility index (Phi) is 7.61. The van der Waals surface area contributed by atoms with E-state index in [-0.39, 0.29) is 33.7 Å². The van der Waals surface area contributed by atoms with Crippen LogP contribution in [0.4, 0.5) is 22.0 Å². The quantitative estimate of drug-likeness (QED) is 0.233. The Labute approximate surface area is 222 Å². The van der Waals surface area contributed by atoms with Crippen molar-refractivity contribution >= 4 is 17.5 Å². The number of hydrogen-bond donors (Lipinski definition) is 1. The van der Waals surface area contributed by atoms with Crippen molar-refractivity contribution in [3.05, 3.63) is 142 Å². The maximum Gasteiger partial charge on any atom is 0.416 e. The lowest BCUT2D eigenvalue weighted by atomic mass is 9.76. The second-order valence-electron chi connectivity index (χ2n) is 9.05. The molecule has 1 amide bonds. The molecule has 0 fully saturated rings. The summed E-state index contributed by atoms with van der Waals surface area (Å²) in [6.07, 6.45) is -4.69. The van der Waals surface area contributed by atoms with Crippen LogP contribution < -0.4 is 5.32 Å². The molecule has 0 aliphatic carbocycles. The molecular formula is C30H23ClF5NO. The Morgan fingerprint density at radius 1 is 0.711 bits per heavy atom. The summed E-state index contributed by atoms with van der Waals surface area (Å²) in [6.45, 7) is 0.734. The zero-order chi connectivity index (χ0) is 27.6. The van der Waals surface area contributed by atoms with E-state index in [1.165, 1.54) is 48.5 Å². The first-order chi connectivity index (χ1) is 17.9. The van der Waals surface area contributed by atoms with Crippen LogP contribution in [0.5, 0.6) is 0 Å². The molecule has 8 heteroatoms. The summed E-state index contributed by atoms with van der Waals surface area (Å²) < 4.78 is 70.1. The number of alkyl halides is 5. The van der Waals surface area contributed by atoms with Gasteiger partial charge in [-0.1, -0.05) is 84.4 Å². The van der Waals surface area contributed by atoms with Gasteiger partial charge in [-0.2, -0.15) is 13.2 Å². The molecule has 2 nitrogen and oxygen atoms in total. The highest BCUT2D eigenvalue weighted by molar-refractivity contribution is 6.33. The van der Waals surface area contributed by atoms with Gasteiger partial charge in [0.2, 0.25) is 0 Å². The largest absolute Gasteiger partial charge is 0.416 e. The SMILES string of the molecule is CC(F)(F)c1cccc(C(Cc2ccccc2)(NC(=O)c2ccccc2Cl)c2cccc(C(F)(F)F)c2)c1. The molecule has 0 saturated carbocycles. The Morgan fingerprint density at radius 3 is 1.82 bits per heavy atom.